The Morgan fingerprint density at radius 1 is 1.31 bits per heavy atom. The van der Waals surface area contributed by atoms with Crippen LogP contribution in [0.25, 0.3) is 0 Å². The number of benzene rings is 1. The smallest absolute Gasteiger partial charge is 0.0256 e. The van der Waals surface area contributed by atoms with Gasteiger partial charge in [-0.3, -0.25) is 11.3 Å². The van der Waals surface area contributed by atoms with Crippen LogP contribution in [0, 0.1) is 5.41 Å². The van der Waals surface area contributed by atoms with Gasteiger partial charge in [0.2, 0.25) is 0 Å². The molecule has 1 atom stereocenters. The lowest BCUT2D eigenvalue weighted by Crippen LogP contribution is -2.39. The third-order valence-corrected chi connectivity index (χ3v) is 3.29. The van der Waals surface area contributed by atoms with Gasteiger partial charge in [0.05, 0.1) is 0 Å². The van der Waals surface area contributed by atoms with Crippen molar-refractivity contribution in [3.8, 4) is 0 Å². The Morgan fingerprint density at radius 2 is 1.94 bits per heavy atom. The zero-order chi connectivity index (χ0) is 12.2. The Labute approximate surface area is 107 Å². The molecule has 90 valence electrons. The molecule has 1 rings (SSSR count). The number of hydrogen-bond donors (Lipinski definition) is 2. The molecular formula is C13H21BrN2. The van der Waals surface area contributed by atoms with E-state index in [1.54, 1.807) is 0 Å². The molecule has 0 bridgehead atoms. The van der Waals surface area contributed by atoms with Crippen molar-refractivity contribution >= 4 is 15.9 Å². The highest BCUT2D eigenvalue weighted by Crippen LogP contribution is 2.24. The first kappa shape index (κ1) is 13.7. The van der Waals surface area contributed by atoms with Crippen molar-refractivity contribution in [3.63, 3.8) is 0 Å². The summed E-state index contributed by atoms with van der Waals surface area (Å²) in [6.07, 6.45) is 2.01. The van der Waals surface area contributed by atoms with Crippen LogP contribution in [0.15, 0.2) is 28.7 Å². The molecule has 0 spiro atoms. The van der Waals surface area contributed by atoms with Gasteiger partial charge < -0.3 is 0 Å². The highest BCUT2D eigenvalue weighted by Gasteiger charge is 2.18. The van der Waals surface area contributed by atoms with Crippen LogP contribution in [0.2, 0.25) is 0 Å². The molecule has 0 amide bonds. The predicted octanol–water partition coefficient (Wildman–Crippen LogP) is 3.26. The molecule has 0 aliphatic rings. The molecule has 0 fully saturated rings. The Kier molecular flexibility index (Phi) is 4.96. The lowest BCUT2D eigenvalue weighted by atomic mass is 9.86. The van der Waals surface area contributed by atoms with Crippen molar-refractivity contribution in [2.75, 3.05) is 0 Å². The van der Waals surface area contributed by atoms with Crippen LogP contribution in [0.5, 0.6) is 0 Å². The van der Waals surface area contributed by atoms with Gasteiger partial charge in [-0.05, 0) is 29.9 Å². The zero-order valence-corrected chi connectivity index (χ0v) is 11.8. The van der Waals surface area contributed by atoms with Gasteiger partial charge in [0.1, 0.15) is 0 Å². The van der Waals surface area contributed by atoms with E-state index in [4.69, 9.17) is 5.84 Å². The molecule has 0 aromatic heterocycles. The predicted molar refractivity (Wildman–Crippen MR) is 73.0 cm³/mol. The molecule has 0 aliphatic heterocycles. The summed E-state index contributed by atoms with van der Waals surface area (Å²) in [6.45, 7) is 6.70. The molecule has 1 aromatic carbocycles. The minimum atomic E-state index is 0.290. The van der Waals surface area contributed by atoms with Crippen molar-refractivity contribution in [2.24, 2.45) is 11.3 Å². The van der Waals surface area contributed by atoms with Crippen LogP contribution in [0.1, 0.15) is 32.8 Å². The van der Waals surface area contributed by atoms with E-state index in [1.807, 2.05) is 6.07 Å². The first-order chi connectivity index (χ1) is 7.42. The fourth-order valence-corrected chi connectivity index (χ4v) is 2.31. The quantitative estimate of drug-likeness (QED) is 0.658. The van der Waals surface area contributed by atoms with E-state index in [0.29, 0.717) is 6.04 Å². The number of hydrogen-bond acceptors (Lipinski definition) is 2. The van der Waals surface area contributed by atoms with Crippen molar-refractivity contribution in [3.05, 3.63) is 34.3 Å². The minimum absolute atomic E-state index is 0.290. The largest absolute Gasteiger partial charge is 0.271 e. The summed E-state index contributed by atoms with van der Waals surface area (Å²) in [5, 5.41) is 0. The van der Waals surface area contributed by atoms with Gasteiger partial charge in [-0.1, -0.05) is 54.9 Å². The van der Waals surface area contributed by atoms with E-state index in [1.165, 1.54) is 5.56 Å². The average Bonchev–Trinajstić information content (AvgIpc) is 2.18. The lowest BCUT2D eigenvalue weighted by Gasteiger charge is -2.25. The number of nitrogens with two attached hydrogens (primary N) is 1. The molecule has 0 heterocycles. The summed E-state index contributed by atoms with van der Waals surface area (Å²) in [4.78, 5) is 0. The summed E-state index contributed by atoms with van der Waals surface area (Å²) in [6, 6.07) is 8.61. The SMILES string of the molecule is CC(C)(C)CC(Cc1ccccc1Br)NN. The summed E-state index contributed by atoms with van der Waals surface area (Å²) in [5.74, 6) is 5.61. The molecule has 0 radical (unpaired) electrons. The fraction of sp³-hybridized carbons (Fsp3) is 0.538. The van der Waals surface area contributed by atoms with E-state index >= 15 is 0 Å². The third kappa shape index (κ3) is 4.64. The topological polar surface area (TPSA) is 38.0 Å². The molecule has 3 N–H and O–H groups in total. The molecule has 0 saturated carbocycles. The molecule has 0 aliphatic carbocycles. The average molecular weight is 285 g/mol. The van der Waals surface area contributed by atoms with Gasteiger partial charge >= 0.3 is 0 Å². The van der Waals surface area contributed by atoms with Crippen molar-refractivity contribution in [1.29, 1.82) is 0 Å². The summed E-state index contributed by atoms with van der Waals surface area (Å²) >= 11 is 3.57. The van der Waals surface area contributed by atoms with E-state index in [-0.39, 0.29) is 5.41 Å². The maximum atomic E-state index is 5.61. The van der Waals surface area contributed by atoms with Crippen molar-refractivity contribution < 1.29 is 0 Å². The lowest BCUT2D eigenvalue weighted by molar-refractivity contribution is 0.308. The van der Waals surface area contributed by atoms with Gasteiger partial charge in [-0.2, -0.15) is 0 Å². The molecule has 16 heavy (non-hydrogen) atoms. The van der Waals surface area contributed by atoms with Crippen LogP contribution in [0.3, 0.4) is 0 Å². The summed E-state index contributed by atoms with van der Waals surface area (Å²) < 4.78 is 1.16. The van der Waals surface area contributed by atoms with Gasteiger partial charge in [0, 0.05) is 10.5 Å². The summed E-state index contributed by atoms with van der Waals surface area (Å²) in [7, 11) is 0. The highest BCUT2D eigenvalue weighted by molar-refractivity contribution is 9.10. The van der Waals surface area contributed by atoms with Crippen LogP contribution in [-0.4, -0.2) is 6.04 Å². The summed E-state index contributed by atoms with van der Waals surface area (Å²) in [5.41, 5.74) is 4.50. The Balaban J connectivity index is 2.67. The van der Waals surface area contributed by atoms with Crippen LogP contribution in [0.4, 0.5) is 0 Å². The molecular weight excluding hydrogens is 264 g/mol. The van der Waals surface area contributed by atoms with E-state index < -0.39 is 0 Å². The third-order valence-electron chi connectivity index (χ3n) is 2.52. The van der Waals surface area contributed by atoms with E-state index in [0.717, 1.165) is 17.3 Å². The Bertz CT molecular complexity index is 331. The molecule has 3 heteroatoms. The monoisotopic (exact) mass is 284 g/mol. The second-order valence-corrected chi connectivity index (χ2v) is 6.28. The molecule has 1 aromatic rings. The maximum absolute atomic E-state index is 5.61. The second-order valence-electron chi connectivity index (χ2n) is 5.42. The standard InChI is InChI=1S/C13H21BrN2/c1-13(2,3)9-11(16-15)8-10-6-4-5-7-12(10)14/h4-7,11,16H,8-9,15H2,1-3H3. The van der Waals surface area contributed by atoms with Gasteiger partial charge in [-0.25, -0.2) is 0 Å². The normalized spacial score (nSPS) is 13.8. The molecule has 1 unspecified atom stereocenters. The van der Waals surface area contributed by atoms with Crippen LogP contribution >= 0.6 is 15.9 Å². The van der Waals surface area contributed by atoms with E-state index in [9.17, 15) is 0 Å². The Morgan fingerprint density at radius 3 is 2.44 bits per heavy atom. The van der Waals surface area contributed by atoms with Crippen LogP contribution < -0.4 is 11.3 Å². The number of hydrazine groups is 1. The molecule has 0 saturated heterocycles. The first-order valence-electron chi connectivity index (χ1n) is 5.62. The number of nitrogens with one attached hydrogen (secondary N) is 1. The number of rotatable bonds is 4. The highest BCUT2D eigenvalue weighted by atomic mass is 79.9. The molecule has 2 nitrogen and oxygen atoms in total. The van der Waals surface area contributed by atoms with Gasteiger partial charge in [0.15, 0.2) is 0 Å². The second kappa shape index (κ2) is 5.80. The fourth-order valence-electron chi connectivity index (χ4n) is 1.86. The van der Waals surface area contributed by atoms with Gasteiger partial charge in [0.25, 0.3) is 0 Å². The Hall–Kier alpha value is -0.380. The van der Waals surface area contributed by atoms with E-state index in [2.05, 4.69) is 60.3 Å². The number of halogens is 1. The maximum Gasteiger partial charge on any atom is 0.0256 e. The van der Waals surface area contributed by atoms with Gasteiger partial charge in [-0.15, -0.1) is 0 Å². The van der Waals surface area contributed by atoms with Crippen molar-refractivity contribution in [1.82, 2.24) is 5.43 Å². The van der Waals surface area contributed by atoms with Crippen molar-refractivity contribution in [2.45, 2.75) is 39.7 Å². The zero-order valence-electron chi connectivity index (χ0n) is 10.3. The first-order valence-corrected chi connectivity index (χ1v) is 6.41. The van der Waals surface area contributed by atoms with Crippen LogP contribution in [-0.2, 0) is 6.42 Å². The minimum Gasteiger partial charge on any atom is -0.271 e.